The van der Waals surface area contributed by atoms with E-state index < -0.39 is 5.82 Å². The Hall–Kier alpha value is -1.75. The minimum atomic E-state index is -0.631. The van der Waals surface area contributed by atoms with Gasteiger partial charge in [-0.2, -0.15) is 0 Å². The molecule has 104 valence electrons. The van der Waals surface area contributed by atoms with Gasteiger partial charge >= 0.3 is 0 Å². The van der Waals surface area contributed by atoms with Crippen LogP contribution in [0, 0.1) is 11.6 Å². The zero-order valence-corrected chi connectivity index (χ0v) is 12.2. The summed E-state index contributed by atoms with van der Waals surface area (Å²) in [6, 6.07) is 8.62. The predicted octanol–water partition coefficient (Wildman–Crippen LogP) is 4.51. The lowest BCUT2D eigenvalue weighted by molar-refractivity contribution is 0.101. The molecule has 0 radical (unpaired) electrons. The van der Waals surface area contributed by atoms with Crippen molar-refractivity contribution in [2.75, 3.05) is 0 Å². The Kier molecular flexibility index (Phi) is 4.49. The number of ether oxygens (including phenoxy) is 1. The molecule has 0 aromatic heterocycles. The fourth-order valence-corrected chi connectivity index (χ4v) is 2.07. The van der Waals surface area contributed by atoms with Crippen LogP contribution >= 0.6 is 15.9 Å². The zero-order valence-electron chi connectivity index (χ0n) is 10.6. The average molecular weight is 341 g/mol. The Bertz CT molecular complexity index is 656. The monoisotopic (exact) mass is 340 g/mol. The summed E-state index contributed by atoms with van der Waals surface area (Å²) in [5, 5.41) is 0. The van der Waals surface area contributed by atoms with Crippen molar-refractivity contribution in [3.05, 3.63) is 63.6 Å². The van der Waals surface area contributed by atoms with Gasteiger partial charge in [-0.1, -0.05) is 12.1 Å². The van der Waals surface area contributed by atoms with E-state index in [-0.39, 0.29) is 29.5 Å². The fraction of sp³-hybridized carbons (Fsp3) is 0.133. The molecule has 2 aromatic carbocycles. The van der Waals surface area contributed by atoms with E-state index >= 15 is 0 Å². The highest BCUT2D eigenvalue weighted by Crippen LogP contribution is 2.23. The molecular formula is C15H11BrF2O2. The highest BCUT2D eigenvalue weighted by atomic mass is 79.9. The van der Waals surface area contributed by atoms with E-state index in [1.54, 1.807) is 12.1 Å². The number of hydrogen-bond donors (Lipinski definition) is 0. The maximum Gasteiger partial charge on any atom is 0.162 e. The maximum absolute atomic E-state index is 13.6. The molecule has 0 unspecified atom stereocenters. The molecule has 0 fully saturated rings. The summed E-state index contributed by atoms with van der Waals surface area (Å²) < 4.78 is 32.6. The van der Waals surface area contributed by atoms with Crippen LogP contribution < -0.4 is 4.74 Å². The predicted molar refractivity (Wildman–Crippen MR) is 74.8 cm³/mol. The first-order valence-corrected chi connectivity index (χ1v) is 6.64. The third kappa shape index (κ3) is 3.22. The summed E-state index contributed by atoms with van der Waals surface area (Å²) >= 11 is 3.13. The zero-order chi connectivity index (χ0) is 14.7. The van der Waals surface area contributed by atoms with Crippen molar-refractivity contribution >= 4 is 21.7 Å². The molecule has 0 bridgehead atoms. The van der Waals surface area contributed by atoms with Crippen LogP contribution in [0.2, 0.25) is 0 Å². The second kappa shape index (κ2) is 6.13. The number of hydrogen-bond acceptors (Lipinski definition) is 2. The summed E-state index contributed by atoms with van der Waals surface area (Å²) in [4.78, 5) is 11.1. The molecule has 0 N–H and O–H groups in total. The second-order valence-corrected chi connectivity index (χ2v) is 4.99. The fourth-order valence-electron chi connectivity index (χ4n) is 1.69. The van der Waals surface area contributed by atoms with Crippen molar-refractivity contribution < 1.29 is 18.3 Å². The first-order valence-electron chi connectivity index (χ1n) is 5.85. The lowest BCUT2D eigenvalue weighted by atomic mass is 10.1. The summed E-state index contributed by atoms with van der Waals surface area (Å²) in [5.41, 5.74) is 0.630. The van der Waals surface area contributed by atoms with Gasteiger partial charge in [-0.25, -0.2) is 8.78 Å². The molecule has 0 amide bonds. The van der Waals surface area contributed by atoms with Gasteiger partial charge in [0, 0.05) is 11.6 Å². The Morgan fingerprint density at radius 3 is 2.60 bits per heavy atom. The maximum atomic E-state index is 13.6. The van der Waals surface area contributed by atoms with E-state index in [4.69, 9.17) is 4.74 Å². The molecule has 0 saturated carbocycles. The Morgan fingerprint density at radius 2 is 1.95 bits per heavy atom. The van der Waals surface area contributed by atoms with Gasteiger partial charge in [0.15, 0.2) is 5.78 Å². The first kappa shape index (κ1) is 14.7. The third-order valence-electron chi connectivity index (χ3n) is 2.75. The molecule has 0 spiro atoms. The van der Waals surface area contributed by atoms with Gasteiger partial charge in [0.05, 0.1) is 10.0 Å². The third-order valence-corrected chi connectivity index (χ3v) is 3.63. The van der Waals surface area contributed by atoms with Crippen LogP contribution in [0.3, 0.4) is 0 Å². The molecule has 0 aliphatic heterocycles. The number of Topliss-reactive ketones (excluding diaryl/α,β-unsaturated/α-hetero) is 1. The molecule has 0 saturated heterocycles. The SMILES string of the molecule is CC(=O)c1ccc(OCc2cccc(F)c2Br)cc1F. The number of carbonyl (C=O) groups is 1. The summed E-state index contributed by atoms with van der Waals surface area (Å²) in [5.74, 6) is -1.08. The molecule has 0 heterocycles. The van der Waals surface area contributed by atoms with Crippen LogP contribution in [-0.4, -0.2) is 5.78 Å². The number of ketones is 1. The van der Waals surface area contributed by atoms with Crippen LogP contribution in [-0.2, 0) is 6.61 Å². The van der Waals surface area contributed by atoms with Crippen molar-refractivity contribution in [2.24, 2.45) is 0 Å². The Labute approximate surface area is 123 Å². The number of rotatable bonds is 4. The topological polar surface area (TPSA) is 26.3 Å². The molecule has 2 aromatic rings. The van der Waals surface area contributed by atoms with E-state index in [0.29, 0.717) is 10.0 Å². The van der Waals surface area contributed by atoms with E-state index in [0.717, 1.165) is 6.07 Å². The quantitative estimate of drug-likeness (QED) is 0.765. The summed E-state index contributed by atoms with van der Waals surface area (Å²) in [6.07, 6.45) is 0. The molecule has 0 atom stereocenters. The van der Waals surface area contributed by atoms with Crippen LogP contribution in [0.4, 0.5) is 8.78 Å². The van der Waals surface area contributed by atoms with Gasteiger partial charge in [0.2, 0.25) is 0 Å². The van der Waals surface area contributed by atoms with Crippen molar-refractivity contribution in [3.8, 4) is 5.75 Å². The van der Waals surface area contributed by atoms with Crippen molar-refractivity contribution in [2.45, 2.75) is 13.5 Å². The molecule has 20 heavy (non-hydrogen) atoms. The van der Waals surface area contributed by atoms with Crippen molar-refractivity contribution in [3.63, 3.8) is 0 Å². The average Bonchev–Trinajstić information content (AvgIpc) is 2.40. The van der Waals surface area contributed by atoms with Gasteiger partial charge in [0.25, 0.3) is 0 Å². The van der Waals surface area contributed by atoms with E-state index in [1.807, 2.05) is 0 Å². The lowest BCUT2D eigenvalue weighted by Gasteiger charge is -2.09. The highest BCUT2D eigenvalue weighted by Gasteiger charge is 2.10. The molecule has 0 aliphatic carbocycles. The molecular weight excluding hydrogens is 330 g/mol. The smallest absolute Gasteiger partial charge is 0.162 e. The molecule has 2 rings (SSSR count). The normalized spacial score (nSPS) is 10.4. The van der Waals surface area contributed by atoms with Crippen LogP contribution in [0.1, 0.15) is 22.8 Å². The number of halogens is 3. The van der Waals surface area contributed by atoms with Crippen molar-refractivity contribution in [1.29, 1.82) is 0 Å². The van der Waals surface area contributed by atoms with E-state index in [2.05, 4.69) is 15.9 Å². The minimum absolute atomic E-state index is 0.0179. The van der Waals surface area contributed by atoms with Gasteiger partial charge in [-0.3, -0.25) is 4.79 Å². The minimum Gasteiger partial charge on any atom is -0.489 e. The molecule has 5 heteroatoms. The second-order valence-electron chi connectivity index (χ2n) is 4.20. The first-order chi connectivity index (χ1) is 9.49. The van der Waals surface area contributed by atoms with E-state index in [9.17, 15) is 13.6 Å². The van der Waals surface area contributed by atoms with Gasteiger partial charge < -0.3 is 4.74 Å². The summed E-state index contributed by atoms with van der Waals surface area (Å²) in [7, 11) is 0. The van der Waals surface area contributed by atoms with Gasteiger partial charge in [0.1, 0.15) is 24.0 Å². The summed E-state index contributed by atoms with van der Waals surface area (Å²) in [6.45, 7) is 1.39. The molecule has 0 aliphatic rings. The van der Waals surface area contributed by atoms with Crippen LogP contribution in [0.25, 0.3) is 0 Å². The van der Waals surface area contributed by atoms with Gasteiger partial charge in [-0.05, 0) is 41.1 Å². The highest BCUT2D eigenvalue weighted by molar-refractivity contribution is 9.10. The Balaban J connectivity index is 2.13. The number of benzene rings is 2. The standard InChI is InChI=1S/C15H11BrF2O2/c1-9(19)12-6-5-11(7-14(12)18)20-8-10-3-2-4-13(17)15(10)16/h2-7H,8H2,1H3. The van der Waals surface area contributed by atoms with E-state index in [1.165, 1.54) is 25.1 Å². The molecule has 2 nitrogen and oxygen atoms in total. The number of carbonyl (C=O) groups excluding carboxylic acids is 1. The largest absolute Gasteiger partial charge is 0.489 e. The van der Waals surface area contributed by atoms with Crippen molar-refractivity contribution in [1.82, 2.24) is 0 Å². The van der Waals surface area contributed by atoms with Crippen LogP contribution in [0.15, 0.2) is 40.9 Å². The lowest BCUT2D eigenvalue weighted by Crippen LogP contribution is -2.00. The van der Waals surface area contributed by atoms with Gasteiger partial charge in [-0.15, -0.1) is 0 Å². The van der Waals surface area contributed by atoms with Crippen LogP contribution in [0.5, 0.6) is 5.75 Å². The Morgan fingerprint density at radius 1 is 1.20 bits per heavy atom.